The molecule has 2 aliphatic rings. The van der Waals surface area contributed by atoms with Crippen LogP contribution in [0.3, 0.4) is 0 Å². The highest BCUT2D eigenvalue weighted by atomic mass is 14.9. The number of hydrogen-bond acceptors (Lipinski definition) is 3. The van der Waals surface area contributed by atoms with Crippen molar-refractivity contribution in [3.8, 4) is 11.3 Å². The predicted octanol–water partition coefficient (Wildman–Crippen LogP) is 10.2. The highest BCUT2D eigenvalue weighted by Crippen LogP contribution is 2.39. The van der Waals surface area contributed by atoms with E-state index in [9.17, 15) is 0 Å². The lowest BCUT2D eigenvalue weighted by atomic mass is 9.85. The van der Waals surface area contributed by atoms with Gasteiger partial charge in [0.25, 0.3) is 0 Å². The van der Waals surface area contributed by atoms with Crippen molar-refractivity contribution in [1.29, 1.82) is 0 Å². The zero-order valence-electron chi connectivity index (χ0n) is 24.9. The fourth-order valence-electron chi connectivity index (χ4n) is 6.66. The molecule has 5 aromatic carbocycles. The van der Waals surface area contributed by atoms with Crippen molar-refractivity contribution < 1.29 is 0 Å². The van der Waals surface area contributed by atoms with E-state index in [2.05, 4.69) is 139 Å². The van der Waals surface area contributed by atoms with Crippen LogP contribution < -0.4 is 0 Å². The molecule has 0 spiro atoms. The number of benzene rings is 5. The van der Waals surface area contributed by atoms with E-state index in [1.54, 1.807) is 0 Å². The van der Waals surface area contributed by atoms with Gasteiger partial charge >= 0.3 is 0 Å². The molecule has 214 valence electrons. The molecule has 0 bridgehead atoms. The average molecular weight is 578 g/mol. The molecule has 0 fully saturated rings. The lowest BCUT2D eigenvalue weighted by molar-refractivity contribution is 0.978. The van der Waals surface area contributed by atoms with Crippen molar-refractivity contribution in [1.82, 2.24) is 9.97 Å². The molecular formula is C42H31N3. The number of rotatable bonds is 5. The van der Waals surface area contributed by atoms with Gasteiger partial charge in [-0.3, -0.25) is 4.99 Å². The number of aryl methyl sites for hydroxylation is 1. The summed E-state index contributed by atoms with van der Waals surface area (Å²) < 4.78 is 0. The van der Waals surface area contributed by atoms with E-state index in [4.69, 9.17) is 9.97 Å². The third-order valence-corrected chi connectivity index (χ3v) is 8.95. The van der Waals surface area contributed by atoms with Gasteiger partial charge in [-0.2, -0.15) is 0 Å². The molecule has 0 aliphatic heterocycles. The minimum Gasteiger partial charge on any atom is -0.264 e. The first-order valence-electron chi connectivity index (χ1n) is 15.5. The average Bonchev–Trinajstić information content (AvgIpc) is 3.11. The molecule has 3 nitrogen and oxygen atoms in total. The zero-order chi connectivity index (χ0) is 30.2. The monoisotopic (exact) mass is 577 g/mol. The summed E-state index contributed by atoms with van der Waals surface area (Å²) in [6, 6.07) is 42.7. The van der Waals surface area contributed by atoms with Crippen molar-refractivity contribution in [2.24, 2.45) is 4.99 Å². The number of hydrogen-bond donors (Lipinski definition) is 0. The standard InChI is InChI=1S/C42H31N3/c1-43-38-16-8-6-14-36(38)40(34-24-18-28-10-2-4-12-32(28)26-34)30-20-22-31(23-21-30)41-37-15-7-9-17-39(37)44-42(45-41)35-25-19-29-11-3-5-13-33(29)27-35/h2-18,20-24,27H,1,19,25-26H2/b40-34-. The van der Waals surface area contributed by atoms with Crippen molar-refractivity contribution in [2.45, 2.75) is 19.3 Å². The number of nitrogens with zero attached hydrogens (tertiary/aromatic N) is 3. The van der Waals surface area contributed by atoms with Crippen LogP contribution in [0.2, 0.25) is 0 Å². The van der Waals surface area contributed by atoms with Crippen molar-refractivity contribution in [3.63, 3.8) is 0 Å². The Labute approximate surface area is 263 Å². The molecule has 1 heterocycles. The summed E-state index contributed by atoms with van der Waals surface area (Å²) >= 11 is 0. The Morgan fingerprint density at radius 1 is 0.644 bits per heavy atom. The summed E-state index contributed by atoms with van der Waals surface area (Å²) in [5.41, 5.74) is 14.9. The predicted molar refractivity (Wildman–Crippen MR) is 188 cm³/mol. The van der Waals surface area contributed by atoms with Gasteiger partial charge in [0.05, 0.1) is 16.9 Å². The molecule has 0 radical (unpaired) electrons. The van der Waals surface area contributed by atoms with Crippen LogP contribution in [0.25, 0.3) is 45.5 Å². The summed E-state index contributed by atoms with van der Waals surface area (Å²) in [6.07, 6.45) is 9.52. The van der Waals surface area contributed by atoms with Gasteiger partial charge in [-0.05, 0) is 88.7 Å². The zero-order valence-corrected chi connectivity index (χ0v) is 24.9. The van der Waals surface area contributed by atoms with Crippen LogP contribution >= 0.6 is 0 Å². The van der Waals surface area contributed by atoms with Crippen LogP contribution in [0.1, 0.15) is 45.6 Å². The Hall–Kier alpha value is -5.67. The van der Waals surface area contributed by atoms with Gasteiger partial charge < -0.3 is 0 Å². The highest BCUT2D eigenvalue weighted by Gasteiger charge is 2.19. The third-order valence-electron chi connectivity index (χ3n) is 8.95. The molecule has 0 saturated carbocycles. The fourth-order valence-corrected chi connectivity index (χ4v) is 6.66. The van der Waals surface area contributed by atoms with Gasteiger partial charge in [-0.15, -0.1) is 0 Å². The molecule has 45 heavy (non-hydrogen) atoms. The second-order valence-corrected chi connectivity index (χ2v) is 11.6. The van der Waals surface area contributed by atoms with Crippen LogP contribution in [0.4, 0.5) is 5.69 Å². The SMILES string of the molecule is C=Nc1ccccc1/C(=C1/C=Cc2ccccc2C1)c1ccc(-c2nc(C3=Cc4ccccc4CC3)nc3ccccc23)cc1. The van der Waals surface area contributed by atoms with Crippen LogP contribution in [-0.4, -0.2) is 16.7 Å². The highest BCUT2D eigenvalue weighted by molar-refractivity contribution is 5.95. The van der Waals surface area contributed by atoms with Crippen LogP contribution in [0.15, 0.2) is 138 Å². The second-order valence-electron chi connectivity index (χ2n) is 11.6. The molecule has 0 unspecified atom stereocenters. The lowest BCUT2D eigenvalue weighted by Crippen LogP contribution is -2.04. The molecule has 0 saturated heterocycles. The van der Waals surface area contributed by atoms with Gasteiger partial charge in [-0.1, -0.05) is 121 Å². The van der Waals surface area contributed by atoms with Crippen molar-refractivity contribution in [3.05, 3.63) is 172 Å². The first-order valence-corrected chi connectivity index (χ1v) is 15.5. The Bertz CT molecular complexity index is 2200. The van der Waals surface area contributed by atoms with Gasteiger partial charge in [-0.25, -0.2) is 9.97 Å². The fraction of sp³-hybridized carbons (Fsp3) is 0.0714. The summed E-state index contributed by atoms with van der Waals surface area (Å²) in [7, 11) is 0. The maximum atomic E-state index is 5.22. The minimum atomic E-state index is 0.807. The molecule has 0 amide bonds. The number of aliphatic imine (C=N–C) groups is 1. The van der Waals surface area contributed by atoms with Gasteiger partial charge in [0, 0.05) is 16.5 Å². The lowest BCUT2D eigenvalue weighted by Gasteiger charge is -2.20. The molecule has 6 aromatic rings. The molecule has 3 heteroatoms. The Morgan fingerprint density at radius 2 is 1.38 bits per heavy atom. The molecule has 1 aromatic heterocycles. The minimum absolute atomic E-state index is 0.807. The number of fused-ring (bicyclic) bond motifs is 3. The van der Waals surface area contributed by atoms with E-state index in [0.717, 1.165) is 64.1 Å². The molecule has 8 rings (SSSR count). The van der Waals surface area contributed by atoms with E-state index in [0.29, 0.717) is 0 Å². The summed E-state index contributed by atoms with van der Waals surface area (Å²) in [5.74, 6) is 0.807. The largest absolute Gasteiger partial charge is 0.264 e. The summed E-state index contributed by atoms with van der Waals surface area (Å²) in [5, 5.41) is 1.05. The first-order chi connectivity index (χ1) is 22.2. The van der Waals surface area contributed by atoms with Crippen molar-refractivity contribution in [2.75, 3.05) is 0 Å². The Morgan fingerprint density at radius 3 is 2.24 bits per heavy atom. The first kappa shape index (κ1) is 26.9. The van der Waals surface area contributed by atoms with Gasteiger partial charge in [0.1, 0.15) is 0 Å². The van der Waals surface area contributed by atoms with E-state index in [1.807, 2.05) is 12.1 Å². The quantitative estimate of drug-likeness (QED) is 0.191. The van der Waals surface area contributed by atoms with E-state index >= 15 is 0 Å². The van der Waals surface area contributed by atoms with Crippen LogP contribution in [-0.2, 0) is 12.8 Å². The Balaban J connectivity index is 1.25. The van der Waals surface area contributed by atoms with E-state index < -0.39 is 0 Å². The third kappa shape index (κ3) is 5.03. The van der Waals surface area contributed by atoms with Gasteiger partial charge in [0.2, 0.25) is 0 Å². The summed E-state index contributed by atoms with van der Waals surface area (Å²) in [4.78, 5) is 14.6. The van der Waals surface area contributed by atoms with E-state index in [-0.39, 0.29) is 0 Å². The number of aromatic nitrogens is 2. The van der Waals surface area contributed by atoms with Crippen LogP contribution in [0.5, 0.6) is 0 Å². The Kier molecular flexibility index (Phi) is 6.84. The molecule has 2 aliphatic carbocycles. The maximum absolute atomic E-state index is 5.22. The summed E-state index contributed by atoms with van der Waals surface area (Å²) in [6.45, 7) is 3.88. The molecule has 0 atom stereocenters. The topological polar surface area (TPSA) is 38.1 Å². The normalized spacial score (nSPS) is 14.8. The maximum Gasteiger partial charge on any atom is 0.156 e. The number of allylic oxidation sites excluding steroid dienone is 3. The smallest absolute Gasteiger partial charge is 0.156 e. The van der Waals surface area contributed by atoms with E-state index in [1.165, 1.54) is 39.0 Å². The molecular weight excluding hydrogens is 546 g/mol. The van der Waals surface area contributed by atoms with Gasteiger partial charge in [0.15, 0.2) is 5.82 Å². The number of para-hydroxylation sites is 2. The second kappa shape index (κ2) is 11.4. The van der Waals surface area contributed by atoms with Crippen molar-refractivity contribution >= 4 is 46.6 Å². The van der Waals surface area contributed by atoms with Crippen LogP contribution in [0, 0.1) is 0 Å². The molecule has 0 N–H and O–H groups in total.